The number of aryl methyl sites for hydroxylation is 1. The summed E-state index contributed by atoms with van der Waals surface area (Å²) in [4.78, 5) is 11.1. The van der Waals surface area contributed by atoms with Crippen LogP contribution in [0.1, 0.15) is 45.0 Å². The van der Waals surface area contributed by atoms with Crippen molar-refractivity contribution in [1.29, 1.82) is 5.26 Å². The van der Waals surface area contributed by atoms with Gasteiger partial charge in [-0.25, -0.2) is 14.4 Å². The van der Waals surface area contributed by atoms with Gasteiger partial charge < -0.3 is 9.47 Å². The molecule has 11 heteroatoms. The first kappa shape index (κ1) is 23.2. The lowest BCUT2D eigenvalue weighted by Gasteiger charge is -2.37. The number of hydrogen-bond acceptors (Lipinski definition) is 7. The molecular weight excluding hydrogens is 469 g/mol. The fourth-order valence-corrected chi connectivity index (χ4v) is 4.69. The van der Waals surface area contributed by atoms with Gasteiger partial charge in [0.2, 0.25) is 0 Å². The number of nitriles is 1. The van der Waals surface area contributed by atoms with Crippen molar-refractivity contribution in [2.24, 2.45) is 7.05 Å². The molecule has 1 aliphatic rings. The molecule has 1 aliphatic heterocycles. The summed E-state index contributed by atoms with van der Waals surface area (Å²) >= 11 is 6.31. The van der Waals surface area contributed by atoms with Crippen molar-refractivity contribution < 1.29 is 4.39 Å². The average molecular weight is 494 g/mol. The fraction of sp³-hybridized carbons (Fsp3) is 0.417. The summed E-state index contributed by atoms with van der Waals surface area (Å²) in [7, 11) is 1.74. The van der Waals surface area contributed by atoms with Crippen molar-refractivity contribution in [2.75, 3.05) is 18.0 Å². The van der Waals surface area contributed by atoms with Crippen molar-refractivity contribution in [3.05, 3.63) is 47.4 Å². The highest BCUT2D eigenvalue weighted by molar-refractivity contribution is 6.29. The quantitative estimate of drug-likeness (QED) is 0.390. The number of nitrogens with zero attached hydrogens (tertiary/aromatic N) is 9. The Hall–Kier alpha value is -3.58. The van der Waals surface area contributed by atoms with Crippen molar-refractivity contribution in [3.63, 3.8) is 0 Å². The number of alkyl halides is 1. The molecule has 0 spiro atoms. The molecule has 0 bridgehead atoms. The van der Waals surface area contributed by atoms with Gasteiger partial charge in [0, 0.05) is 56.3 Å². The van der Waals surface area contributed by atoms with E-state index in [1.54, 1.807) is 23.9 Å². The molecule has 4 aromatic heterocycles. The predicted molar refractivity (Wildman–Crippen MR) is 131 cm³/mol. The van der Waals surface area contributed by atoms with E-state index < -0.39 is 5.67 Å². The van der Waals surface area contributed by atoms with E-state index in [1.165, 1.54) is 6.33 Å². The Morgan fingerprint density at radius 3 is 2.57 bits per heavy atom. The van der Waals surface area contributed by atoms with Gasteiger partial charge in [-0.3, -0.25) is 4.68 Å². The van der Waals surface area contributed by atoms with Crippen molar-refractivity contribution in [3.8, 4) is 17.3 Å². The number of hydrogen-bond donors (Lipinski definition) is 0. The van der Waals surface area contributed by atoms with Crippen LogP contribution < -0.4 is 4.90 Å². The third-order valence-electron chi connectivity index (χ3n) is 6.39. The Bertz CT molecular complexity index is 1450. The molecule has 180 valence electrons. The molecule has 0 amide bonds. The van der Waals surface area contributed by atoms with E-state index in [9.17, 15) is 5.26 Å². The van der Waals surface area contributed by atoms with Crippen LogP contribution in [0.4, 0.5) is 10.1 Å². The Balaban J connectivity index is 1.55. The summed E-state index contributed by atoms with van der Waals surface area (Å²) in [6.07, 6.45) is 5.56. The minimum Gasteiger partial charge on any atom is -0.368 e. The van der Waals surface area contributed by atoms with Gasteiger partial charge >= 0.3 is 0 Å². The largest absolute Gasteiger partial charge is 0.368 e. The van der Waals surface area contributed by atoms with Gasteiger partial charge in [-0.2, -0.15) is 10.4 Å². The molecule has 9 nitrogen and oxygen atoms in total. The van der Waals surface area contributed by atoms with Gasteiger partial charge in [-0.1, -0.05) is 11.6 Å². The Morgan fingerprint density at radius 2 is 1.94 bits per heavy atom. The smallest absolute Gasteiger partial charge is 0.181 e. The van der Waals surface area contributed by atoms with Gasteiger partial charge in [-0.05, 0) is 32.9 Å². The third-order valence-corrected chi connectivity index (χ3v) is 6.58. The van der Waals surface area contributed by atoms with Gasteiger partial charge in [0.25, 0.3) is 0 Å². The van der Waals surface area contributed by atoms with Gasteiger partial charge in [0.1, 0.15) is 17.5 Å². The van der Waals surface area contributed by atoms with E-state index in [-0.39, 0.29) is 23.5 Å². The molecule has 0 atom stereocenters. The van der Waals surface area contributed by atoms with Crippen LogP contribution in [-0.4, -0.2) is 47.6 Å². The Kier molecular flexibility index (Phi) is 5.48. The van der Waals surface area contributed by atoms with Crippen LogP contribution in [0.15, 0.2) is 30.9 Å². The van der Waals surface area contributed by atoms with Crippen LogP contribution in [0.25, 0.3) is 22.3 Å². The summed E-state index contributed by atoms with van der Waals surface area (Å²) in [5.74, 6) is 0.317. The summed E-state index contributed by atoms with van der Waals surface area (Å²) in [5, 5.41) is 23.4. The Labute approximate surface area is 207 Å². The number of rotatable bonds is 3. The van der Waals surface area contributed by atoms with E-state index in [0.29, 0.717) is 47.1 Å². The van der Waals surface area contributed by atoms with Crippen molar-refractivity contribution in [2.45, 2.75) is 44.8 Å². The highest BCUT2D eigenvalue weighted by Crippen LogP contribution is 2.41. The maximum absolute atomic E-state index is 15.8. The second-order valence-corrected chi connectivity index (χ2v) is 10.3. The number of halogens is 2. The molecular formula is C24H25ClFN9. The van der Waals surface area contributed by atoms with Crippen LogP contribution in [0.3, 0.4) is 0 Å². The second kappa shape index (κ2) is 8.27. The van der Waals surface area contributed by atoms with Crippen molar-refractivity contribution in [1.82, 2.24) is 34.5 Å². The van der Waals surface area contributed by atoms with Crippen LogP contribution in [0, 0.1) is 11.3 Å². The summed E-state index contributed by atoms with van der Waals surface area (Å²) in [5.41, 5.74) is 1.11. The molecule has 0 N–H and O–H groups in total. The third kappa shape index (κ3) is 4.10. The molecule has 0 aromatic carbocycles. The average Bonchev–Trinajstić information content (AvgIpc) is 3.45. The SMILES string of the molecule is Cn1cnnc1C1(F)CCN(c2c(C#N)cc(Cl)nc2-c2cnc3nn(C(C)(C)C)cc3c2)CC1. The first-order valence-corrected chi connectivity index (χ1v) is 11.7. The molecule has 4 aromatic rings. The van der Waals surface area contributed by atoms with E-state index >= 15 is 4.39 Å². The normalized spacial score (nSPS) is 16.0. The molecule has 5 heterocycles. The fourth-order valence-electron chi connectivity index (χ4n) is 4.50. The number of piperidine rings is 1. The molecule has 0 unspecified atom stereocenters. The topological polar surface area (TPSA) is 101 Å². The van der Waals surface area contributed by atoms with Crippen molar-refractivity contribution >= 4 is 28.3 Å². The zero-order chi connectivity index (χ0) is 25.0. The molecule has 1 fully saturated rings. The summed E-state index contributed by atoms with van der Waals surface area (Å²) in [6.45, 7) is 6.96. The van der Waals surface area contributed by atoms with Crippen LogP contribution in [0.5, 0.6) is 0 Å². The zero-order valence-corrected chi connectivity index (χ0v) is 20.8. The van der Waals surface area contributed by atoms with E-state index in [0.717, 1.165) is 5.39 Å². The van der Waals surface area contributed by atoms with Crippen LogP contribution >= 0.6 is 11.6 Å². The lowest BCUT2D eigenvalue weighted by atomic mass is 9.91. The maximum atomic E-state index is 15.8. The lowest BCUT2D eigenvalue weighted by molar-refractivity contribution is 0.109. The number of aromatic nitrogens is 7. The second-order valence-electron chi connectivity index (χ2n) is 9.90. The zero-order valence-electron chi connectivity index (χ0n) is 20.0. The maximum Gasteiger partial charge on any atom is 0.181 e. The van der Waals surface area contributed by atoms with Gasteiger partial charge in [0.05, 0.1) is 22.5 Å². The molecule has 5 rings (SSSR count). The molecule has 0 radical (unpaired) electrons. The highest BCUT2D eigenvalue weighted by atomic mass is 35.5. The van der Waals surface area contributed by atoms with E-state index in [2.05, 4.69) is 52.1 Å². The first-order valence-electron chi connectivity index (χ1n) is 11.3. The minimum atomic E-state index is -1.59. The summed E-state index contributed by atoms with van der Waals surface area (Å²) < 4.78 is 19.2. The van der Waals surface area contributed by atoms with E-state index in [1.807, 2.05) is 21.8 Å². The van der Waals surface area contributed by atoms with Gasteiger partial charge in [-0.15, -0.1) is 10.2 Å². The molecule has 0 saturated carbocycles. The monoisotopic (exact) mass is 493 g/mol. The number of anilines is 1. The molecule has 1 saturated heterocycles. The molecule has 35 heavy (non-hydrogen) atoms. The van der Waals surface area contributed by atoms with E-state index in [4.69, 9.17) is 11.6 Å². The standard InChI is InChI=1S/C24H25ClFN9/c1-23(2,3)35-13-17-9-16(12-28-21(17)32-35)19-20(15(11-27)10-18(25)30-19)34-7-5-24(26,6-8-34)22-31-29-14-33(22)4/h9-10,12-14H,5-8H2,1-4H3. The lowest BCUT2D eigenvalue weighted by Crippen LogP contribution is -2.42. The van der Waals surface area contributed by atoms with Crippen LogP contribution in [-0.2, 0) is 18.3 Å². The first-order chi connectivity index (χ1) is 16.6. The minimum absolute atomic E-state index is 0.191. The number of fused-ring (bicyclic) bond motifs is 1. The number of pyridine rings is 2. The molecule has 0 aliphatic carbocycles. The van der Waals surface area contributed by atoms with Crippen LogP contribution in [0.2, 0.25) is 5.15 Å². The summed E-state index contributed by atoms with van der Waals surface area (Å²) in [6, 6.07) is 5.73. The predicted octanol–water partition coefficient (Wildman–Crippen LogP) is 4.37. The highest BCUT2D eigenvalue weighted by Gasteiger charge is 2.41. The van der Waals surface area contributed by atoms with Gasteiger partial charge in [0.15, 0.2) is 17.1 Å². The Morgan fingerprint density at radius 1 is 1.20 bits per heavy atom.